The third kappa shape index (κ3) is 6.69. The Labute approximate surface area is 246 Å². The zero-order valence-electron chi connectivity index (χ0n) is 28.2. The number of rotatable bonds is 2. The van der Waals surface area contributed by atoms with Gasteiger partial charge in [-0.1, -0.05) is 108 Å². The molecule has 1 aromatic rings. The van der Waals surface area contributed by atoms with Crippen molar-refractivity contribution >= 4 is 11.6 Å². The van der Waals surface area contributed by atoms with Crippen molar-refractivity contribution in [1.82, 2.24) is 4.90 Å². The van der Waals surface area contributed by atoms with Gasteiger partial charge in [0.2, 0.25) is 0 Å². The van der Waals surface area contributed by atoms with Crippen LogP contribution in [0.5, 0.6) is 5.75 Å². The van der Waals surface area contributed by atoms with Gasteiger partial charge in [-0.25, -0.2) is 0 Å². The third-order valence-corrected chi connectivity index (χ3v) is 7.39. The Morgan fingerprint density at radius 1 is 1.05 bits per heavy atom. The molecule has 3 aliphatic heterocycles. The number of ether oxygens (including phenoxy) is 1. The van der Waals surface area contributed by atoms with E-state index in [9.17, 15) is 15.0 Å². The molecule has 2 fully saturated rings. The lowest BCUT2D eigenvalue weighted by Gasteiger charge is -2.57. The Morgan fingerprint density at radius 2 is 1.57 bits per heavy atom. The van der Waals surface area contributed by atoms with Gasteiger partial charge in [0, 0.05) is 42.7 Å². The first-order valence-electron chi connectivity index (χ1n) is 15.8. The molecule has 1 spiro atoms. The van der Waals surface area contributed by atoms with Crippen molar-refractivity contribution in [3.8, 4) is 5.75 Å². The van der Waals surface area contributed by atoms with Crippen LogP contribution in [0, 0.1) is 5.92 Å². The van der Waals surface area contributed by atoms with E-state index in [0.29, 0.717) is 5.75 Å². The molecule has 1 aliphatic carbocycles. The number of hydrogen-bond acceptors (Lipinski definition) is 6. The summed E-state index contributed by atoms with van der Waals surface area (Å²) >= 11 is 0. The third-order valence-electron chi connectivity index (χ3n) is 7.39. The van der Waals surface area contributed by atoms with Crippen molar-refractivity contribution in [2.24, 2.45) is 11.7 Å². The second kappa shape index (κ2) is 19.1. The maximum Gasteiger partial charge on any atom is 0.254 e. The lowest BCUT2D eigenvalue weighted by Crippen LogP contribution is -2.78. The molecule has 0 aromatic heterocycles. The van der Waals surface area contributed by atoms with E-state index in [0.717, 1.165) is 30.8 Å². The van der Waals surface area contributed by atoms with Crippen molar-refractivity contribution in [1.29, 1.82) is 0 Å². The summed E-state index contributed by atoms with van der Waals surface area (Å²) in [5.74, 6) is -0.507. The first-order valence-corrected chi connectivity index (χ1v) is 15.8. The van der Waals surface area contributed by atoms with E-state index in [-0.39, 0.29) is 12.0 Å². The Kier molecular flexibility index (Phi) is 19.1. The average molecular weight is 566 g/mol. The second-order valence-electron chi connectivity index (χ2n) is 8.97. The summed E-state index contributed by atoms with van der Waals surface area (Å²) < 4.78 is 5.39. The van der Waals surface area contributed by atoms with Gasteiger partial charge >= 0.3 is 0 Å². The Morgan fingerprint density at radius 3 is 2.05 bits per heavy atom. The van der Waals surface area contributed by atoms with Crippen LogP contribution < -0.4 is 15.4 Å². The number of nitrogens with two attached hydrogens (primary N) is 1. The summed E-state index contributed by atoms with van der Waals surface area (Å²) in [4.78, 5) is 16.8. The lowest BCUT2D eigenvalue weighted by atomic mass is 9.54. The summed E-state index contributed by atoms with van der Waals surface area (Å²) in [5, 5.41) is 22.7. The molecule has 1 aromatic carbocycles. The SMILES string of the molecule is CC.CC.CC.CC.CC.CCC.COc1ccc2c(c1)N(C)C1C23CCN2CC=CC(C23)C(O)[C@]1(O)C(N)=O. The normalized spacial score (nSPS) is 29.4. The van der Waals surface area contributed by atoms with Crippen LogP contribution in [0.2, 0.25) is 0 Å². The molecule has 40 heavy (non-hydrogen) atoms. The van der Waals surface area contributed by atoms with Crippen molar-refractivity contribution < 1.29 is 19.7 Å². The van der Waals surface area contributed by atoms with Crippen LogP contribution in [-0.4, -0.2) is 72.1 Å². The smallest absolute Gasteiger partial charge is 0.254 e. The highest BCUT2D eigenvalue weighted by atomic mass is 16.5. The summed E-state index contributed by atoms with van der Waals surface area (Å²) in [5.41, 5.74) is 5.21. The summed E-state index contributed by atoms with van der Waals surface area (Å²) in [6.45, 7) is 25.9. The van der Waals surface area contributed by atoms with Gasteiger partial charge in [-0.2, -0.15) is 0 Å². The molecule has 5 rings (SSSR count). The Hall–Kier alpha value is -2.09. The van der Waals surface area contributed by atoms with Crippen molar-refractivity contribution in [2.45, 2.75) is 125 Å². The molecule has 5 unspecified atom stereocenters. The molecule has 7 heteroatoms. The van der Waals surface area contributed by atoms with Gasteiger partial charge in [0.05, 0.1) is 13.2 Å². The molecule has 6 atom stereocenters. The predicted octanol–water partition coefficient (Wildman–Crippen LogP) is 6.15. The van der Waals surface area contributed by atoms with E-state index in [4.69, 9.17) is 10.5 Å². The van der Waals surface area contributed by atoms with E-state index in [2.05, 4.69) is 18.7 Å². The van der Waals surface area contributed by atoms with Gasteiger partial charge < -0.3 is 25.6 Å². The summed E-state index contributed by atoms with van der Waals surface area (Å²) in [6.07, 6.45) is 4.75. The van der Waals surface area contributed by atoms with Gasteiger partial charge in [0.1, 0.15) is 11.9 Å². The van der Waals surface area contributed by atoms with Crippen molar-refractivity contribution in [3.05, 3.63) is 35.9 Å². The molecule has 0 bridgehead atoms. The monoisotopic (exact) mass is 565 g/mol. The molecule has 234 valence electrons. The molecule has 7 nitrogen and oxygen atoms in total. The maximum absolute atomic E-state index is 12.5. The van der Waals surface area contributed by atoms with Gasteiger partial charge in [-0.3, -0.25) is 9.69 Å². The number of fused-ring (bicyclic) bond motifs is 1. The number of nitrogens with zero attached hydrogens (tertiary/aromatic N) is 2. The van der Waals surface area contributed by atoms with Crippen LogP contribution in [0.4, 0.5) is 5.69 Å². The fourth-order valence-corrected chi connectivity index (χ4v) is 6.44. The van der Waals surface area contributed by atoms with Gasteiger partial charge in [0.15, 0.2) is 5.60 Å². The lowest BCUT2D eigenvalue weighted by molar-refractivity contribution is -0.178. The summed E-state index contributed by atoms with van der Waals surface area (Å²) in [7, 11) is 3.48. The fourth-order valence-electron chi connectivity index (χ4n) is 6.44. The number of amides is 1. The van der Waals surface area contributed by atoms with Crippen LogP contribution >= 0.6 is 0 Å². The van der Waals surface area contributed by atoms with Gasteiger partial charge in [-0.15, -0.1) is 0 Å². The fraction of sp³-hybridized carbons (Fsp3) is 0.727. The summed E-state index contributed by atoms with van der Waals surface area (Å²) in [6, 6.07) is 5.29. The van der Waals surface area contributed by atoms with Crippen LogP contribution in [0.3, 0.4) is 0 Å². The number of anilines is 1. The zero-order valence-corrected chi connectivity index (χ0v) is 28.2. The van der Waals surface area contributed by atoms with Crippen LogP contribution in [0.1, 0.15) is 101 Å². The Bertz CT molecular complexity index is 877. The standard InChI is InChI=1S/C20H25N3O4.C3H8.5C2H6/c1-22-14-10-11(27-2)5-6-13(14)19-7-9-23-8-3-4-12(15(19)23)16(24)20(26,17(19)22)18(21)25;1-3-2;5*1-2/h3-6,10,12,15-17,24,26H,7-9H2,1-2H3,(H2,21,25);3H2,1-2H3;5*1-2H3/t12?,15?,16?,17?,19?,20-;;;;;;/m1....../s1. The molecule has 1 saturated carbocycles. The van der Waals surface area contributed by atoms with E-state index < -0.39 is 29.1 Å². The van der Waals surface area contributed by atoms with E-state index in [1.807, 2.05) is 112 Å². The number of benzene rings is 1. The molecular weight excluding hydrogens is 502 g/mol. The quantitative estimate of drug-likeness (QED) is 0.372. The number of likely N-dealkylation sites (N-methyl/N-ethyl adjacent to an activating group) is 1. The highest BCUT2D eigenvalue weighted by Crippen LogP contribution is 2.62. The number of carbonyl (C=O) groups is 1. The topological polar surface area (TPSA) is 99.3 Å². The molecular formula is C33H63N3O4. The number of hydrogen-bond donors (Lipinski definition) is 3. The van der Waals surface area contributed by atoms with E-state index >= 15 is 0 Å². The predicted molar refractivity (Wildman–Crippen MR) is 172 cm³/mol. The van der Waals surface area contributed by atoms with Gasteiger partial charge in [0.25, 0.3) is 5.91 Å². The largest absolute Gasteiger partial charge is 0.497 e. The Balaban J connectivity index is 0. The van der Waals surface area contributed by atoms with Crippen molar-refractivity contribution in [2.75, 3.05) is 32.1 Å². The number of aliphatic hydroxyl groups is 2. The molecule has 3 heterocycles. The van der Waals surface area contributed by atoms with Gasteiger partial charge in [-0.05, 0) is 24.6 Å². The maximum atomic E-state index is 12.5. The first-order chi connectivity index (χ1) is 19.3. The molecule has 4 N–H and O–H groups in total. The van der Waals surface area contributed by atoms with Crippen molar-refractivity contribution in [3.63, 3.8) is 0 Å². The average Bonchev–Trinajstić information content (AvgIpc) is 3.53. The number of carbonyl (C=O) groups excluding carboxylic acids is 1. The molecule has 4 aliphatic rings. The zero-order chi connectivity index (χ0) is 31.8. The van der Waals surface area contributed by atoms with Crippen LogP contribution in [0.25, 0.3) is 0 Å². The van der Waals surface area contributed by atoms with E-state index in [1.54, 1.807) is 7.11 Å². The number of primary amides is 1. The highest BCUT2D eigenvalue weighted by molar-refractivity contribution is 5.88. The minimum atomic E-state index is -2.04. The van der Waals surface area contributed by atoms with E-state index in [1.165, 1.54) is 6.42 Å². The molecule has 0 radical (unpaired) electrons. The first kappa shape index (κ1) is 40.1. The minimum absolute atomic E-state index is 0.0132. The van der Waals surface area contributed by atoms with Crippen LogP contribution in [-0.2, 0) is 10.2 Å². The number of aliphatic hydroxyl groups excluding tert-OH is 1. The number of methoxy groups -OCH3 is 1. The minimum Gasteiger partial charge on any atom is -0.497 e. The van der Waals surface area contributed by atoms with Crippen LogP contribution in [0.15, 0.2) is 30.4 Å². The second-order valence-corrected chi connectivity index (χ2v) is 8.97. The molecule has 1 amide bonds. The molecule has 1 saturated heterocycles. The highest BCUT2D eigenvalue weighted by Gasteiger charge is 2.74.